The normalized spacial score (nSPS) is 20.0. The van der Waals surface area contributed by atoms with Crippen molar-refractivity contribution >= 4 is 11.7 Å². The maximum Gasteiger partial charge on any atom is 0.319 e. The van der Waals surface area contributed by atoms with Crippen LogP contribution in [0.3, 0.4) is 0 Å². The van der Waals surface area contributed by atoms with Crippen LogP contribution in [0.15, 0.2) is 24.3 Å². The molecule has 0 saturated carbocycles. The molecule has 1 aliphatic heterocycles. The lowest BCUT2D eigenvalue weighted by Gasteiger charge is -2.30. The van der Waals surface area contributed by atoms with Crippen molar-refractivity contribution in [2.24, 2.45) is 0 Å². The van der Waals surface area contributed by atoms with Gasteiger partial charge in [0.1, 0.15) is 0 Å². The highest BCUT2D eigenvalue weighted by molar-refractivity contribution is 5.89. The molecule has 5 nitrogen and oxygen atoms in total. The van der Waals surface area contributed by atoms with Crippen molar-refractivity contribution in [3.05, 3.63) is 29.8 Å². The van der Waals surface area contributed by atoms with Crippen LogP contribution in [0.2, 0.25) is 0 Å². The molecule has 0 aliphatic carbocycles. The predicted molar refractivity (Wildman–Crippen MR) is 75.3 cm³/mol. The third-order valence-corrected chi connectivity index (χ3v) is 3.15. The molecule has 1 atom stereocenters. The second kappa shape index (κ2) is 6.54. The summed E-state index contributed by atoms with van der Waals surface area (Å²) in [6.07, 6.45) is 0.122. The summed E-state index contributed by atoms with van der Waals surface area (Å²) in [5.41, 5.74) is 1.94. The average Bonchev–Trinajstić information content (AvgIpc) is 2.40. The van der Waals surface area contributed by atoms with Gasteiger partial charge in [0.05, 0.1) is 12.7 Å². The molecule has 1 fully saturated rings. The molecule has 19 heavy (non-hydrogen) atoms. The fourth-order valence-electron chi connectivity index (χ4n) is 2.10. The van der Waals surface area contributed by atoms with E-state index in [9.17, 15) is 4.79 Å². The van der Waals surface area contributed by atoms with Crippen LogP contribution in [0.4, 0.5) is 10.5 Å². The highest BCUT2D eigenvalue weighted by Gasteiger charge is 2.19. The van der Waals surface area contributed by atoms with Crippen molar-refractivity contribution < 1.29 is 9.53 Å². The lowest BCUT2D eigenvalue weighted by Crippen LogP contribution is -2.35. The number of carbonyl (C=O) groups is 1. The van der Waals surface area contributed by atoms with Crippen LogP contribution in [0.1, 0.15) is 18.6 Å². The summed E-state index contributed by atoms with van der Waals surface area (Å²) in [5, 5.41) is 5.48. The summed E-state index contributed by atoms with van der Waals surface area (Å²) in [4.78, 5) is 13.6. The summed E-state index contributed by atoms with van der Waals surface area (Å²) in [6, 6.07) is 7.64. The van der Waals surface area contributed by atoms with Gasteiger partial charge in [0, 0.05) is 25.3 Å². The fraction of sp³-hybridized carbons (Fsp3) is 0.500. The van der Waals surface area contributed by atoms with Gasteiger partial charge < -0.3 is 20.3 Å². The first-order valence-corrected chi connectivity index (χ1v) is 6.64. The lowest BCUT2D eigenvalue weighted by atomic mass is 10.1. The first kappa shape index (κ1) is 13.8. The molecule has 5 heteroatoms. The van der Waals surface area contributed by atoms with E-state index in [1.807, 2.05) is 31.2 Å². The summed E-state index contributed by atoms with van der Waals surface area (Å²) < 4.78 is 5.75. The number of nitrogens with zero attached hydrogens (tertiary/aromatic N) is 1. The summed E-state index contributed by atoms with van der Waals surface area (Å²) in [5.74, 6) is 0. The van der Waals surface area contributed by atoms with Gasteiger partial charge in [0.2, 0.25) is 0 Å². The number of likely N-dealkylation sites (N-methyl/N-ethyl adjacent to an activating group) is 1. The molecular weight excluding hydrogens is 242 g/mol. The van der Waals surface area contributed by atoms with Gasteiger partial charge in [0.25, 0.3) is 0 Å². The maximum atomic E-state index is 11.4. The number of carbonyl (C=O) groups excluding carboxylic acids is 1. The van der Waals surface area contributed by atoms with E-state index in [0.29, 0.717) is 6.54 Å². The van der Waals surface area contributed by atoms with E-state index in [2.05, 4.69) is 22.6 Å². The predicted octanol–water partition coefficient (Wildman–Crippen LogP) is 1.83. The largest absolute Gasteiger partial charge is 0.371 e. The van der Waals surface area contributed by atoms with Gasteiger partial charge >= 0.3 is 6.03 Å². The van der Waals surface area contributed by atoms with Crippen LogP contribution in [0.25, 0.3) is 0 Å². The Hall–Kier alpha value is -1.59. The topological polar surface area (TPSA) is 53.6 Å². The van der Waals surface area contributed by atoms with Gasteiger partial charge in [-0.1, -0.05) is 12.1 Å². The van der Waals surface area contributed by atoms with E-state index in [4.69, 9.17) is 4.74 Å². The Morgan fingerprint density at radius 1 is 1.42 bits per heavy atom. The average molecular weight is 263 g/mol. The van der Waals surface area contributed by atoms with Crippen LogP contribution in [-0.4, -0.2) is 44.2 Å². The Bertz CT molecular complexity index is 419. The maximum absolute atomic E-state index is 11.4. The molecule has 0 bridgehead atoms. The number of ether oxygens (including phenoxy) is 1. The Morgan fingerprint density at radius 2 is 2.16 bits per heavy atom. The van der Waals surface area contributed by atoms with Crippen molar-refractivity contribution in [1.29, 1.82) is 0 Å². The number of anilines is 1. The van der Waals surface area contributed by atoms with Crippen molar-refractivity contribution in [2.45, 2.75) is 13.0 Å². The van der Waals surface area contributed by atoms with E-state index >= 15 is 0 Å². The SMILES string of the molecule is CCNC(=O)Nc1ccc(C2CN(C)CCO2)cc1. The number of hydrogen-bond donors (Lipinski definition) is 2. The number of morpholine rings is 1. The molecule has 2 amide bonds. The number of amides is 2. The monoisotopic (exact) mass is 263 g/mol. The van der Waals surface area contributed by atoms with E-state index in [-0.39, 0.29) is 12.1 Å². The van der Waals surface area contributed by atoms with Crippen LogP contribution in [0.5, 0.6) is 0 Å². The molecule has 1 saturated heterocycles. The molecule has 1 aromatic carbocycles. The highest BCUT2D eigenvalue weighted by atomic mass is 16.5. The molecule has 0 radical (unpaired) electrons. The Morgan fingerprint density at radius 3 is 2.79 bits per heavy atom. The summed E-state index contributed by atoms with van der Waals surface area (Å²) >= 11 is 0. The standard InChI is InChI=1S/C14H21N3O2/c1-3-15-14(18)16-12-6-4-11(5-7-12)13-10-17(2)8-9-19-13/h4-7,13H,3,8-10H2,1-2H3,(H2,15,16,18). The van der Waals surface area contributed by atoms with Crippen LogP contribution >= 0.6 is 0 Å². The molecule has 0 aromatic heterocycles. The first-order valence-electron chi connectivity index (χ1n) is 6.64. The van der Waals surface area contributed by atoms with Crippen LogP contribution in [0, 0.1) is 0 Å². The molecule has 1 aliphatic rings. The van der Waals surface area contributed by atoms with E-state index < -0.39 is 0 Å². The number of hydrogen-bond acceptors (Lipinski definition) is 3. The quantitative estimate of drug-likeness (QED) is 0.875. The van der Waals surface area contributed by atoms with Crippen molar-refractivity contribution in [3.8, 4) is 0 Å². The number of benzene rings is 1. The molecule has 1 aromatic rings. The second-order valence-electron chi connectivity index (χ2n) is 4.73. The molecule has 2 N–H and O–H groups in total. The smallest absolute Gasteiger partial charge is 0.319 e. The van der Waals surface area contributed by atoms with Gasteiger partial charge in [-0.25, -0.2) is 4.79 Å². The minimum atomic E-state index is -0.177. The molecule has 104 valence electrons. The minimum absolute atomic E-state index is 0.122. The van der Waals surface area contributed by atoms with E-state index in [1.165, 1.54) is 0 Å². The molecule has 0 spiro atoms. The molecule has 1 heterocycles. The Labute approximate surface area is 113 Å². The lowest BCUT2D eigenvalue weighted by molar-refractivity contribution is -0.0208. The van der Waals surface area contributed by atoms with Crippen molar-refractivity contribution in [2.75, 3.05) is 38.6 Å². The minimum Gasteiger partial charge on any atom is -0.371 e. The van der Waals surface area contributed by atoms with Crippen molar-refractivity contribution in [3.63, 3.8) is 0 Å². The molecular formula is C14H21N3O2. The second-order valence-corrected chi connectivity index (χ2v) is 4.73. The molecule has 1 unspecified atom stereocenters. The zero-order valence-corrected chi connectivity index (χ0v) is 11.5. The van der Waals surface area contributed by atoms with Crippen molar-refractivity contribution in [1.82, 2.24) is 10.2 Å². The summed E-state index contributed by atoms with van der Waals surface area (Å²) in [7, 11) is 2.10. The zero-order chi connectivity index (χ0) is 13.7. The third kappa shape index (κ3) is 3.94. The Balaban J connectivity index is 1.96. The first-order chi connectivity index (χ1) is 9.19. The van der Waals surface area contributed by atoms with Gasteiger partial charge in [-0.2, -0.15) is 0 Å². The van der Waals surface area contributed by atoms with E-state index in [0.717, 1.165) is 30.9 Å². The van der Waals surface area contributed by atoms with Crippen LogP contribution < -0.4 is 10.6 Å². The fourth-order valence-corrected chi connectivity index (χ4v) is 2.10. The zero-order valence-electron chi connectivity index (χ0n) is 11.5. The number of urea groups is 1. The van der Waals surface area contributed by atoms with Gasteiger partial charge in [0.15, 0.2) is 0 Å². The number of nitrogens with one attached hydrogen (secondary N) is 2. The number of rotatable bonds is 3. The molecule has 2 rings (SSSR count). The van der Waals surface area contributed by atoms with Crippen LogP contribution in [-0.2, 0) is 4.74 Å². The third-order valence-electron chi connectivity index (χ3n) is 3.15. The summed E-state index contributed by atoms with van der Waals surface area (Å²) in [6.45, 7) is 5.16. The van der Waals surface area contributed by atoms with Gasteiger partial charge in [-0.15, -0.1) is 0 Å². The van der Waals surface area contributed by atoms with E-state index in [1.54, 1.807) is 0 Å². The van der Waals surface area contributed by atoms with Gasteiger partial charge in [-0.3, -0.25) is 0 Å². The Kier molecular flexibility index (Phi) is 4.76. The van der Waals surface area contributed by atoms with Gasteiger partial charge in [-0.05, 0) is 31.7 Å². The highest BCUT2D eigenvalue weighted by Crippen LogP contribution is 2.22.